The van der Waals surface area contributed by atoms with E-state index in [2.05, 4.69) is 0 Å². The molecule has 3 nitrogen and oxygen atoms in total. The summed E-state index contributed by atoms with van der Waals surface area (Å²) in [5.74, 6) is 0. The van der Waals surface area contributed by atoms with E-state index in [0.717, 1.165) is 0 Å². The van der Waals surface area contributed by atoms with Gasteiger partial charge in [0.05, 0.1) is 26.4 Å². The molecule has 0 fully saturated rings. The lowest BCUT2D eigenvalue weighted by Gasteiger charge is -2.02. The van der Waals surface area contributed by atoms with Crippen molar-refractivity contribution in [1.29, 1.82) is 0 Å². The molecular weight excluding hydrogens is 132 g/mol. The maximum Gasteiger partial charge on any atom is 0.0701 e. The van der Waals surface area contributed by atoms with Crippen LogP contribution in [0.3, 0.4) is 0 Å². The molecule has 0 aliphatic heterocycles. The Bertz CT molecular complexity index is 62.7. The first-order valence-corrected chi connectivity index (χ1v) is 3.35. The minimum atomic E-state index is 0.318. The Morgan fingerprint density at radius 3 is 2.50 bits per heavy atom. The van der Waals surface area contributed by atoms with E-state index < -0.39 is 0 Å². The monoisotopic (exact) mass is 149 g/mol. The second kappa shape index (κ2) is 8.88. The van der Waals surface area contributed by atoms with Crippen LogP contribution in [0.2, 0.25) is 0 Å². The highest BCUT2D eigenvalue weighted by Gasteiger charge is 1.86. The largest absolute Gasteiger partial charge is 0.382 e. The third-order valence-electron chi connectivity index (χ3n) is 0.948. The van der Waals surface area contributed by atoms with Crippen LogP contribution >= 0.6 is 0 Å². The van der Waals surface area contributed by atoms with E-state index in [1.807, 2.05) is 0 Å². The molecule has 0 heterocycles. The number of methoxy groups -OCH3 is 1. The number of hydrogen-bond donors (Lipinski definition) is 0. The molecule has 3 heteroatoms. The third kappa shape index (κ3) is 7.88. The van der Waals surface area contributed by atoms with Gasteiger partial charge in [0.25, 0.3) is 0 Å². The Labute approximate surface area is 63.7 Å². The highest BCUT2D eigenvalue weighted by molar-refractivity contribution is 4.29. The average Bonchev–Trinajstić information content (AvgIpc) is 2.03. The smallest absolute Gasteiger partial charge is 0.0701 e. The maximum absolute atomic E-state index is 6.76. The van der Waals surface area contributed by atoms with Gasteiger partial charge < -0.3 is 14.2 Å². The van der Waals surface area contributed by atoms with Gasteiger partial charge in [-0.3, -0.25) is 0 Å². The van der Waals surface area contributed by atoms with Crippen molar-refractivity contribution in [2.45, 2.75) is 6.90 Å². The van der Waals surface area contributed by atoms with E-state index in [1.165, 1.54) is 0 Å². The van der Waals surface area contributed by atoms with E-state index in [9.17, 15) is 0 Å². The van der Waals surface area contributed by atoms with Gasteiger partial charge in [0, 0.05) is 15.1 Å². The summed E-state index contributed by atoms with van der Waals surface area (Å²) in [5, 5.41) is 0. The van der Waals surface area contributed by atoms with E-state index in [-0.39, 0.29) is 0 Å². The fourth-order valence-corrected chi connectivity index (χ4v) is 0.464. The van der Waals surface area contributed by atoms with Gasteiger partial charge >= 0.3 is 0 Å². The van der Waals surface area contributed by atoms with E-state index >= 15 is 0 Å². The molecule has 0 saturated heterocycles. The molecule has 0 bridgehead atoms. The van der Waals surface area contributed by atoms with Crippen molar-refractivity contribution >= 4 is 0 Å². The molecular formula is C7H16O3. The lowest BCUT2D eigenvalue weighted by atomic mass is 10.7. The molecule has 0 rings (SSSR count). The minimum Gasteiger partial charge on any atom is -0.382 e. The minimum absolute atomic E-state index is 0.318. The highest BCUT2D eigenvalue weighted by atomic mass is 16.5. The van der Waals surface area contributed by atoms with Gasteiger partial charge in [-0.25, -0.2) is 0 Å². The molecule has 0 unspecified atom stereocenters. The molecule has 0 aromatic carbocycles. The third-order valence-corrected chi connectivity index (χ3v) is 0.948. The molecule has 0 aromatic heterocycles. The summed E-state index contributed by atoms with van der Waals surface area (Å²) in [6.45, 7) is 3.21. The second-order valence-corrected chi connectivity index (χ2v) is 1.72. The molecule has 0 aliphatic rings. The highest BCUT2D eigenvalue weighted by Crippen LogP contribution is 1.77. The van der Waals surface area contributed by atoms with Crippen molar-refractivity contribution in [3.05, 3.63) is 0 Å². The maximum atomic E-state index is 6.76. The fourth-order valence-electron chi connectivity index (χ4n) is 0.464. The number of rotatable bonds is 7. The summed E-state index contributed by atoms with van der Waals surface area (Å²) in [4.78, 5) is 0. The first-order valence-electron chi connectivity index (χ1n) is 4.06. The molecule has 62 valence electrons. The van der Waals surface area contributed by atoms with Crippen LogP contribution in [0.15, 0.2) is 0 Å². The van der Waals surface area contributed by atoms with Crippen LogP contribution in [0, 0.1) is 0 Å². The van der Waals surface area contributed by atoms with Crippen LogP contribution in [0.1, 0.15) is 8.27 Å². The summed E-state index contributed by atoms with van der Waals surface area (Å²) in [6, 6.07) is 0. The predicted molar refractivity (Wildman–Crippen MR) is 39.2 cm³/mol. The molecule has 0 N–H and O–H groups in total. The van der Waals surface area contributed by atoms with Crippen LogP contribution in [-0.2, 0) is 14.2 Å². The van der Waals surface area contributed by atoms with Crippen molar-refractivity contribution in [3.8, 4) is 0 Å². The Morgan fingerprint density at radius 2 is 1.80 bits per heavy atom. The topological polar surface area (TPSA) is 27.7 Å². The quantitative estimate of drug-likeness (QED) is 0.498. The molecule has 0 radical (unpaired) electrons. The van der Waals surface area contributed by atoms with Crippen molar-refractivity contribution in [2.24, 2.45) is 0 Å². The zero-order chi connectivity index (χ0) is 8.36. The number of ether oxygens (including phenoxy) is 3. The molecule has 0 spiro atoms. The van der Waals surface area contributed by atoms with E-state index in [1.54, 1.807) is 7.11 Å². The SMILES string of the molecule is [2H]CCOCCOCCOC. The summed E-state index contributed by atoms with van der Waals surface area (Å²) in [6.07, 6.45) is 0. The van der Waals surface area contributed by atoms with Gasteiger partial charge in [-0.2, -0.15) is 0 Å². The summed E-state index contributed by atoms with van der Waals surface area (Å²) >= 11 is 0. The second-order valence-electron chi connectivity index (χ2n) is 1.72. The Kier molecular flexibility index (Phi) is 7.09. The summed E-state index contributed by atoms with van der Waals surface area (Å²) < 4.78 is 21.7. The molecule has 0 aromatic rings. The first kappa shape index (κ1) is 7.98. The summed E-state index contributed by atoms with van der Waals surface area (Å²) in [7, 11) is 1.64. The van der Waals surface area contributed by atoms with Crippen LogP contribution < -0.4 is 0 Å². The Hall–Kier alpha value is -0.120. The first-order chi connectivity index (χ1) is 5.41. The van der Waals surface area contributed by atoms with Gasteiger partial charge in [0.15, 0.2) is 0 Å². The van der Waals surface area contributed by atoms with Gasteiger partial charge in [-0.15, -0.1) is 0 Å². The number of hydrogen-bond acceptors (Lipinski definition) is 3. The van der Waals surface area contributed by atoms with Crippen molar-refractivity contribution < 1.29 is 15.6 Å². The van der Waals surface area contributed by atoms with Gasteiger partial charge in [-0.1, -0.05) is 0 Å². The molecule has 0 saturated carbocycles. The summed E-state index contributed by atoms with van der Waals surface area (Å²) in [5.41, 5.74) is 0. The standard InChI is InChI=1S/C7H16O3/c1-3-9-6-7-10-5-4-8-2/h3-7H2,1-2H3/i1D. The lowest BCUT2D eigenvalue weighted by molar-refractivity contribution is 0.0280. The van der Waals surface area contributed by atoms with Crippen LogP contribution in [0.4, 0.5) is 0 Å². The normalized spacial score (nSPS) is 11.5. The van der Waals surface area contributed by atoms with Crippen molar-refractivity contribution in [2.75, 3.05) is 40.1 Å². The average molecular weight is 149 g/mol. The lowest BCUT2D eigenvalue weighted by Crippen LogP contribution is -2.07. The van der Waals surface area contributed by atoms with Gasteiger partial charge in [0.1, 0.15) is 0 Å². The molecule has 10 heavy (non-hydrogen) atoms. The van der Waals surface area contributed by atoms with Crippen molar-refractivity contribution in [1.82, 2.24) is 0 Å². The molecule has 0 aliphatic carbocycles. The molecule has 0 amide bonds. The van der Waals surface area contributed by atoms with Crippen LogP contribution in [-0.4, -0.2) is 40.1 Å². The Morgan fingerprint density at radius 1 is 1.10 bits per heavy atom. The van der Waals surface area contributed by atoms with Crippen LogP contribution in [0.25, 0.3) is 0 Å². The van der Waals surface area contributed by atoms with Gasteiger partial charge in [-0.05, 0) is 6.90 Å². The van der Waals surface area contributed by atoms with Crippen LogP contribution in [0.5, 0.6) is 0 Å². The van der Waals surface area contributed by atoms with E-state index in [0.29, 0.717) is 39.9 Å². The van der Waals surface area contributed by atoms with Crippen molar-refractivity contribution in [3.63, 3.8) is 0 Å². The predicted octanol–water partition coefficient (Wildman–Crippen LogP) is 0.686. The zero-order valence-electron chi connectivity index (χ0n) is 7.47. The van der Waals surface area contributed by atoms with E-state index in [4.69, 9.17) is 15.6 Å². The zero-order valence-corrected chi connectivity index (χ0v) is 6.47. The molecule has 0 atom stereocenters. The van der Waals surface area contributed by atoms with Gasteiger partial charge in [0.2, 0.25) is 0 Å². The fraction of sp³-hybridized carbons (Fsp3) is 1.00. The Balaban J connectivity index is 2.69.